The van der Waals surface area contributed by atoms with Crippen LogP contribution >= 0.6 is 11.6 Å². The van der Waals surface area contributed by atoms with Crippen LogP contribution in [-0.2, 0) is 0 Å². The van der Waals surface area contributed by atoms with Gasteiger partial charge in [0.2, 0.25) is 0 Å². The lowest BCUT2D eigenvalue weighted by molar-refractivity contribution is 0.0975. The number of benzene rings is 1. The van der Waals surface area contributed by atoms with E-state index in [2.05, 4.69) is 5.32 Å². The van der Waals surface area contributed by atoms with E-state index in [0.29, 0.717) is 0 Å². The highest BCUT2D eigenvalue weighted by atomic mass is 35.5. The number of alkyl halides is 1. The van der Waals surface area contributed by atoms with Gasteiger partial charge in [0.05, 0.1) is 18.0 Å². The summed E-state index contributed by atoms with van der Waals surface area (Å²) in [5.74, 6) is -0.210. The fourth-order valence-corrected chi connectivity index (χ4v) is 2.74. The van der Waals surface area contributed by atoms with Crippen molar-refractivity contribution >= 4 is 17.7 Å². The highest BCUT2D eigenvalue weighted by molar-refractivity contribution is 6.18. The molecule has 0 saturated heterocycles. The van der Waals surface area contributed by atoms with Gasteiger partial charge in [0.1, 0.15) is 0 Å². The molecule has 0 heterocycles. The number of aliphatic hydroxyl groups is 1. The monoisotopic (exact) mass is 299 g/mol. The molecular formula is C15H22ClNO3. The number of rotatable bonds is 5. The molecule has 3 N–H and O–H groups in total. The van der Waals surface area contributed by atoms with Gasteiger partial charge >= 0.3 is 6.09 Å². The molecule has 0 saturated carbocycles. The van der Waals surface area contributed by atoms with Crippen molar-refractivity contribution in [2.24, 2.45) is 5.41 Å². The second kappa shape index (κ2) is 6.95. The topological polar surface area (TPSA) is 69.6 Å². The predicted molar refractivity (Wildman–Crippen MR) is 80.3 cm³/mol. The zero-order chi connectivity index (χ0) is 15.3. The average Bonchev–Trinajstić information content (AvgIpc) is 2.36. The summed E-state index contributed by atoms with van der Waals surface area (Å²) in [5.41, 5.74) is 0.740. The lowest BCUT2D eigenvalue weighted by Gasteiger charge is -2.39. The first-order valence-corrected chi connectivity index (χ1v) is 7.09. The Kier molecular flexibility index (Phi) is 5.84. The summed E-state index contributed by atoms with van der Waals surface area (Å²) in [6.45, 7) is 6.05. The van der Waals surface area contributed by atoms with Gasteiger partial charge < -0.3 is 15.5 Å². The molecule has 112 valence electrons. The van der Waals surface area contributed by atoms with E-state index >= 15 is 0 Å². The summed E-state index contributed by atoms with van der Waals surface area (Å²) in [4.78, 5) is 11.0. The highest BCUT2D eigenvalue weighted by Crippen LogP contribution is 2.38. The second-order valence-corrected chi connectivity index (χ2v) is 6.26. The van der Waals surface area contributed by atoms with Gasteiger partial charge in [-0.2, -0.15) is 0 Å². The van der Waals surface area contributed by atoms with Crippen molar-refractivity contribution < 1.29 is 15.0 Å². The van der Waals surface area contributed by atoms with E-state index in [1.54, 1.807) is 0 Å². The molecule has 1 aromatic rings. The minimum absolute atomic E-state index is 0.0235. The molecule has 1 unspecified atom stereocenters. The Balaban J connectivity index is 3.22. The third kappa shape index (κ3) is 4.39. The zero-order valence-corrected chi connectivity index (χ0v) is 12.8. The molecule has 0 spiro atoms. The molecular weight excluding hydrogens is 278 g/mol. The molecule has 1 rings (SSSR count). The van der Waals surface area contributed by atoms with Crippen molar-refractivity contribution in [3.63, 3.8) is 0 Å². The number of nitrogens with one attached hydrogen (secondary N) is 1. The maximum absolute atomic E-state index is 11.0. The molecule has 3 atom stereocenters. The molecule has 0 aromatic heterocycles. The standard InChI is InChI=1S/C15H22ClNO3/c1-15(2,3)12(10-7-5-4-6-8-10)13(11(18)9-16)17-14(19)20/h4-8,11-13,17-18H,9H2,1-3H3,(H,19,20)/t11-,12?,13+/m0/s1. The summed E-state index contributed by atoms with van der Waals surface area (Å²) in [6, 6.07) is 8.92. The molecule has 1 aromatic carbocycles. The van der Waals surface area contributed by atoms with Gasteiger partial charge in [-0.05, 0) is 11.0 Å². The first kappa shape index (κ1) is 16.8. The van der Waals surface area contributed by atoms with Crippen molar-refractivity contribution in [3.8, 4) is 0 Å². The van der Waals surface area contributed by atoms with Crippen molar-refractivity contribution in [1.82, 2.24) is 5.32 Å². The van der Waals surface area contributed by atoms with Crippen LogP contribution in [0.3, 0.4) is 0 Å². The van der Waals surface area contributed by atoms with Gasteiger partial charge in [-0.15, -0.1) is 11.6 Å². The Hall–Kier alpha value is -1.26. The van der Waals surface area contributed by atoms with E-state index in [0.717, 1.165) is 5.56 Å². The lowest BCUT2D eigenvalue weighted by Crippen LogP contribution is -2.50. The fraction of sp³-hybridized carbons (Fsp3) is 0.533. The van der Waals surface area contributed by atoms with Crippen LogP contribution in [0.25, 0.3) is 0 Å². The van der Waals surface area contributed by atoms with Gasteiger partial charge in [-0.1, -0.05) is 51.1 Å². The predicted octanol–water partition coefficient (Wildman–Crippen LogP) is 3.05. The quantitative estimate of drug-likeness (QED) is 0.732. The average molecular weight is 300 g/mol. The van der Waals surface area contributed by atoms with E-state index in [9.17, 15) is 9.90 Å². The van der Waals surface area contributed by atoms with Crippen molar-refractivity contribution in [1.29, 1.82) is 0 Å². The maximum atomic E-state index is 11.0. The third-order valence-electron chi connectivity index (χ3n) is 3.31. The number of hydrogen-bond acceptors (Lipinski definition) is 2. The zero-order valence-electron chi connectivity index (χ0n) is 12.0. The van der Waals surface area contributed by atoms with Crippen LogP contribution < -0.4 is 5.32 Å². The summed E-state index contributed by atoms with van der Waals surface area (Å²) < 4.78 is 0. The van der Waals surface area contributed by atoms with E-state index in [1.165, 1.54) is 0 Å². The number of carboxylic acid groups (broad SMARTS) is 1. The summed E-state index contributed by atoms with van der Waals surface area (Å²) in [6.07, 6.45) is -2.11. The van der Waals surface area contributed by atoms with Gasteiger partial charge in [-0.3, -0.25) is 0 Å². The van der Waals surface area contributed by atoms with Gasteiger partial charge in [-0.25, -0.2) is 4.79 Å². The fourth-order valence-electron chi connectivity index (χ4n) is 2.55. The van der Waals surface area contributed by atoms with Gasteiger partial charge in [0.15, 0.2) is 0 Å². The van der Waals surface area contributed by atoms with Crippen LogP contribution in [0.4, 0.5) is 4.79 Å². The Morgan fingerprint density at radius 1 is 1.30 bits per heavy atom. The molecule has 1 amide bonds. The molecule has 4 nitrogen and oxygen atoms in total. The Morgan fingerprint density at radius 2 is 1.85 bits per heavy atom. The maximum Gasteiger partial charge on any atom is 0.404 e. The number of halogens is 1. The smallest absolute Gasteiger partial charge is 0.404 e. The first-order valence-electron chi connectivity index (χ1n) is 6.55. The van der Waals surface area contributed by atoms with Crippen LogP contribution in [-0.4, -0.2) is 34.3 Å². The summed E-state index contributed by atoms with van der Waals surface area (Å²) in [5, 5.41) is 21.5. The Labute approximate surface area is 124 Å². The minimum atomic E-state index is -1.16. The number of carbonyl (C=O) groups is 1. The number of hydrogen-bond donors (Lipinski definition) is 3. The Morgan fingerprint density at radius 3 is 2.25 bits per heavy atom. The van der Waals surface area contributed by atoms with E-state index in [-0.39, 0.29) is 17.2 Å². The summed E-state index contributed by atoms with van der Waals surface area (Å²) in [7, 11) is 0. The molecule has 0 aliphatic rings. The van der Waals surface area contributed by atoms with E-state index < -0.39 is 18.2 Å². The molecule has 5 heteroatoms. The minimum Gasteiger partial charge on any atom is -0.465 e. The van der Waals surface area contributed by atoms with Crippen LogP contribution in [0.15, 0.2) is 30.3 Å². The van der Waals surface area contributed by atoms with Gasteiger partial charge in [0.25, 0.3) is 0 Å². The number of aliphatic hydroxyl groups excluding tert-OH is 1. The van der Waals surface area contributed by atoms with Crippen LogP contribution in [0.1, 0.15) is 32.3 Å². The Bertz CT molecular complexity index is 430. The van der Waals surface area contributed by atoms with Gasteiger partial charge in [0, 0.05) is 5.92 Å². The van der Waals surface area contributed by atoms with Crippen LogP contribution in [0.2, 0.25) is 0 Å². The largest absolute Gasteiger partial charge is 0.465 e. The highest BCUT2D eigenvalue weighted by Gasteiger charge is 2.38. The van der Waals surface area contributed by atoms with Crippen LogP contribution in [0.5, 0.6) is 0 Å². The van der Waals surface area contributed by atoms with Crippen molar-refractivity contribution in [3.05, 3.63) is 35.9 Å². The second-order valence-electron chi connectivity index (χ2n) is 5.95. The molecule has 0 radical (unpaired) electrons. The number of amides is 1. The van der Waals surface area contributed by atoms with E-state index in [1.807, 2.05) is 51.1 Å². The first-order chi connectivity index (χ1) is 9.27. The lowest BCUT2D eigenvalue weighted by atomic mass is 9.71. The third-order valence-corrected chi connectivity index (χ3v) is 3.63. The molecule has 0 aliphatic heterocycles. The molecule has 0 aliphatic carbocycles. The van der Waals surface area contributed by atoms with Crippen molar-refractivity contribution in [2.75, 3.05) is 5.88 Å². The normalized spacial score (nSPS) is 16.2. The summed E-state index contributed by atoms with van der Waals surface area (Å²) >= 11 is 5.73. The van der Waals surface area contributed by atoms with E-state index in [4.69, 9.17) is 16.7 Å². The molecule has 20 heavy (non-hydrogen) atoms. The van der Waals surface area contributed by atoms with Crippen LogP contribution in [0, 0.1) is 5.41 Å². The molecule has 0 fully saturated rings. The van der Waals surface area contributed by atoms with Crippen molar-refractivity contribution in [2.45, 2.75) is 38.8 Å². The SMILES string of the molecule is CC(C)(C)C(c1ccccc1)[C@H](NC(=O)O)[C@@H](O)CCl. The molecule has 0 bridgehead atoms.